The number of hydrogen-bond acceptors (Lipinski definition) is 3. The highest BCUT2D eigenvalue weighted by Crippen LogP contribution is 2.09. The van der Waals surface area contributed by atoms with Gasteiger partial charge in [-0.1, -0.05) is 6.07 Å². The highest BCUT2D eigenvalue weighted by molar-refractivity contribution is 5.97. The molecule has 18 heavy (non-hydrogen) atoms. The summed E-state index contributed by atoms with van der Waals surface area (Å²) in [5.41, 5.74) is 2.57. The second kappa shape index (κ2) is 6.16. The molecule has 1 aromatic rings. The summed E-state index contributed by atoms with van der Waals surface area (Å²) >= 11 is 0. The van der Waals surface area contributed by atoms with Gasteiger partial charge in [0.25, 0.3) is 5.91 Å². The smallest absolute Gasteiger partial charge is 0.252 e. The highest BCUT2D eigenvalue weighted by atomic mass is 16.3. The van der Waals surface area contributed by atoms with Crippen LogP contribution in [0.5, 0.6) is 0 Å². The van der Waals surface area contributed by atoms with Crippen LogP contribution in [0, 0.1) is 13.8 Å². The van der Waals surface area contributed by atoms with E-state index >= 15 is 0 Å². The van der Waals surface area contributed by atoms with Crippen molar-refractivity contribution in [3.05, 3.63) is 34.9 Å². The van der Waals surface area contributed by atoms with Gasteiger partial charge < -0.3 is 15.7 Å². The zero-order valence-electron chi connectivity index (χ0n) is 10.8. The topological polar surface area (TPSA) is 78.4 Å². The minimum atomic E-state index is -0.927. The first-order valence-electron chi connectivity index (χ1n) is 5.70. The number of amides is 2. The normalized spacial score (nSPS) is 11.8. The number of rotatable bonds is 4. The molecule has 0 saturated carbocycles. The van der Waals surface area contributed by atoms with Crippen molar-refractivity contribution in [2.45, 2.75) is 19.9 Å². The van der Waals surface area contributed by atoms with E-state index in [4.69, 9.17) is 5.11 Å². The number of carbonyl (C=O) groups excluding carboxylic acids is 2. The van der Waals surface area contributed by atoms with Gasteiger partial charge >= 0.3 is 0 Å². The third-order valence-corrected chi connectivity index (χ3v) is 2.82. The van der Waals surface area contributed by atoms with Crippen LogP contribution in [0.15, 0.2) is 18.2 Å². The van der Waals surface area contributed by atoms with Crippen molar-refractivity contribution >= 4 is 11.8 Å². The summed E-state index contributed by atoms with van der Waals surface area (Å²) in [4.78, 5) is 23.2. The number of likely N-dealkylation sites (N-methyl/N-ethyl adjacent to an activating group) is 1. The first kappa shape index (κ1) is 14.2. The monoisotopic (exact) mass is 250 g/mol. The third kappa shape index (κ3) is 3.30. The minimum Gasteiger partial charge on any atom is -0.394 e. The molecule has 0 saturated heterocycles. The number of carbonyl (C=O) groups is 2. The summed E-state index contributed by atoms with van der Waals surface area (Å²) in [6.45, 7) is 3.43. The van der Waals surface area contributed by atoms with Crippen molar-refractivity contribution in [3.63, 3.8) is 0 Å². The third-order valence-electron chi connectivity index (χ3n) is 2.82. The van der Waals surface area contributed by atoms with Crippen molar-refractivity contribution in [1.29, 1.82) is 0 Å². The van der Waals surface area contributed by atoms with E-state index in [1.165, 1.54) is 7.05 Å². The Labute approximate surface area is 106 Å². The molecule has 0 radical (unpaired) electrons. The van der Waals surface area contributed by atoms with E-state index in [-0.39, 0.29) is 5.91 Å². The van der Waals surface area contributed by atoms with Crippen molar-refractivity contribution < 1.29 is 14.7 Å². The van der Waals surface area contributed by atoms with E-state index in [1.54, 1.807) is 12.1 Å². The summed E-state index contributed by atoms with van der Waals surface area (Å²) in [6.07, 6.45) is 0. The van der Waals surface area contributed by atoms with Gasteiger partial charge in [0.2, 0.25) is 5.91 Å². The molecule has 2 amide bonds. The lowest BCUT2D eigenvalue weighted by atomic mass is 10.1. The van der Waals surface area contributed by atoms with Gasteiger partial charge in [-0.2, -0.15) is 0 Å². The molecule has 5 heteroatoms. The van der Waals surface area contributed by atoms with Crippen LogP contribution in [0.25, 0.3) is 0 Å². The van der Waals surface area contributed by atoms with Crippen LogP contribution < -0.4 is 10.6 Å². The lowest BCUT2D eigenvalue weighted by Crippen LogP contribution is -2.47. The Morgan fingerprint density at radius 2 is 1.94 bits per heavy atom. The standard InChI is InChI=1S/C13H18N2O3/c1-8-4-5-10(6-9(8)2)12(17)15-11(7-16)13(18)14-3/h4-6,11,16H,7H2,1-3H3,(H,14,18)(H,15,17)/t11-/m0/s1. The first-order chi connectivity index (χ1) is 8.49. The van der Waals surface area contributed by atoms with Crippen molar-refractivity contribution in [1.82, 2.24) is 10.6 Å². The maximum Gasteiger partial charge on any atom is 0.252 e. The fraction of sp³-hybridized carbons (Fsp3) is 0.385. The van der Waals surface area contributed by atoms with Gasteiger partial charge in [0.1, 0.15) is 6.04 Å². The maximum atomic E-state index is 11.9. The van der Waals surface area contributed by atoms with Crippen LogP contribution in [0.1, 0.15) is 21.5 Å². The Morgan fingerprint density at radius 3 is 2.44 bits per heavy atom. The van der Waals surface area contributed by atoms with Crippen LogP contribution >= 0.6 is 0 Å². The summed E-state index contributed by atoms with van der Waals surface area (Å²) in [7, 11) is 1.45. The van der Waals surface area contributed by atoms with Crippen LogP contribution in [-0.4, -0.2) is 36.6 Å². The SMILES string of the molecule is CNC(=O)[C@H](CO)NC(=O)c1ccc(C)c(C)c1. The molecule has 0 aliphatic heterocycles. The fourth-order valence-corrected chi connectivity index (χ4v) is 1.49. The molecule has 0 spiro atoms. The Balaban J connectivity index is 2.81. The molecule has 1 rings (SSSR count). The largest absolute Gasteiger partial charge is 0.394 e. The zero-order valence-corrected chi connectivity index (χ0v) is 10.8. The van der Waals surface area contributed by atoms with Crippen LogP contribution in [0.3, 0.4) is 0 Å². The van der Waals surface area contributed by atoms with Gasteiger partial charge in [0.15, 0.2) is 0 Å². The molecular formula is C13H18N2O3. The molecule has 0 fully saturated rings. The second-order valence-electron chi connectivity index (χ2n) is 4.12. The molecule has 5 nitrogen and oxygen atoms in total. The molecule has 0 bridgehead atoms. The quantitative estimate of drug-likeness (QED) is 0.711. The number of nitrogens with one attached hydrogen (secondary N) is 2. The summed E-state index contributed by atoms with van der Waals surface area (Å²) in [6, 6.07) is 4.36. The van der Waals surface area contributed by atoms with Crippen LogP contribution in [-0.2, 0) is 4.79 Å². The van der Waals surface area contributed by atoms with Gasteiger partial charge in [-0.25, -0.2) is 0 Å². The highest BCUT2D eigenvalue weighted by Gasteiger charge is 2.19. The average molecular weight is 250 g/mol. The number of aliphatic hydroxyl groups excluding tert-OH is 1. The Kier molecular flexibility index (Phi) is 4.85. The maximum absolute atomic E-state index is 11.9. The van der Waals surface area contributed by atoms with Crippen molar-refractivity contribution in [3.8, 4) is 0 Å². The number of benzene rings is 1. The van der Waals surface area contributed by atoms with Crippen molar-refractivity contribution in [2.24, 2.45) is 0 Å². The predicted octanol–water partition coefficient (Wildman–Crippen LogP) is 0.140. The minimum absolute atomic E-state index is 0.374. The van der Waals surface area contributed by atoms with Crippen LogP contribution in [0.2, 0.25) is 0 Å². The fourth-order valence-electron chi connectivity index (χ4n) is 1.49. The Morgan fingerprint density at radius 1 is 1.28 bits per heavy atom. The summed E-state index contributed by atoms with van der Waals surface area (Å²) < 4.78 is 0. The predicted molar refractivity (Wildman–Crippen MR) is 68.3 cm³/mol. The number of hydrogen-bond donors (Lipinski definition) is 3. The summed E-state index contributed by atoms with van der Waals surface area (Å²) in [5, 5.41) is 13.9. The molecule has 0 unspecified atom stereocenters. The van der Waals surface area contributed by atoms with E-state index < -0.39 is 18.6 Å². The molecule has 1 aromatic carbocycles. The van der Waals surface area contributed by atoms with Crippen molar-refractivity contribution in [2.75, 3.05) is 13.7 Å². The van der Waals surface area contributed by atoms with E-state index in [9.17, 15) is 9.59 Å². The number of aliphatic hydroxyl groups is 1. The Bertz CT molecular complexity index is 458. The molecule has 0 aliphatic carbocycles. The van der Waals surface area contributed by atoms with Gasteiger partial charge in [-0.05, 0) is 37.1 Å². The first-order valence-corrected chi connectivity index (χ1v) is 5.70. The molecule has 0 heterocycles. The molecular weight excluding hydrogens is 232 g/mol. The number of aryl methyl sites for hydroxylation is 2. The molecule has 0 aromatic heterocycles. The van der Waals surface area contributed by atoms with E-state index in [0.29, 0.717) is 5.56 Å². The van der Waals surface area contributed by atoms with E-state index in [1.807, 2.05) is 19.9 Å². The summed E-state index contributed by atoms with van der Waals surface area (Å²) in [5.74, 6) is -0.796. The lowest BCUT2D eigenvalue weighted by Gasteiger charge is -2.15. The van der Waals surface area contributed by atoms with Gasteiger partial charge in [0, 0.05) is 12.6 Å². The zero-order chi connectivity index (χ0) is 13.7. The van der Waals surface area contributed by atoms with Gasteiger partial charge in [-0.15, -0.1) is 0 Å². The van der Waals surface area contributed by atoms with Gasteiger partial charge in [0.05, 0.1) is 6.61 Å². The van der Waals surface area contributed by atoms with E-state index in [0.717, 1.165) is 11.1 Å². The lowest BCUT2D eigenvalue weighted by molar-refractivity contribution is -0.123. The molecule has 3 N–H and O–H groups in total. The average Bonchev–Trinajstić information content (AvgIpc) is 2.37. The second-order valence-corrected chi connectivity index (χ2v) is 4.12. The van der Waals surface area contributed by atoms with Gasteiger partial charge in [-0.3, -0.25) is 9.59 Å². The van der Waals surface area contributed by atoms with Crippen LogP contribution in [0.4, 0.5) is 0 Å². The molecule has 98 valence electrons. The molecule has 0 aliphatic rings. The molecule has 1 atom stereocenters. The Hall–Kier alpha value is -1.88. The van der Waals surface area contributed by atoms with E-state index in [2.05, 4.69) is 10.6 Å².